The Morgan fingerprint density at radius 1 is 1.19 bits per heavy atom. The number of carbonyl (C=O) groups is 2. The summed E-state index contributed by atoms with van der Waals surface area (Å²) in [7, 11) is 1.48. The highest BCUT2D eigenvalue weighted by molar-refractivity contribution is 5.96. The quantitative estimate of drug-likeness (QED) is 0.626. The summed E-state index contributed by atoms with van der Waals surface area (Å²) in [5, 5.41) is 6.62. The molecule has 1 aliphatic rings. The van der Waals surface area contributed by atoms with Crippen molar-refractivity contribution in [2.45, 2.75) is 32.2 Å². The number of rotatable bonds is 3. The molecule has 0 saturated carbocycles. The van der Waals surface area contributed by atoms with Gasteiger partial charge in [-0.3, -0.25) is 10.1 Å². The molecule has 0 aromatic rings. The van der Waals surface area contributed by atoms with Crippen molar-refractivity contribution in [3.05, 3.63) is 0 Å². The van der Waals surface area contributed by atoms with Gasteiger partial charge in [-0.15, -0.1) is 0 Å². The van der Waals surface area contributed by atoms with Crippen LogP contribution in [0.15, 0.2) is 0 Å². The van der Waals surface area contributed by atoms with Gasteiger partial charge in [-0.05, 0) is 19.8 Å². The van der Waals surface area contributed by atoms with Crippen molar-refractivity contribution in [1.29, 1.82) is 0 Å². The molecule has 1 aliphatic heterocycles. The van der Waals surface area contributed by atoms with Crippen molar-refractivity contribution in [1.82, 2.24) is 21.1 Å². The first-order chi connectivity index (χ1) is 7.63. The van der Waals surface area contributed by atoms with Crippen LogP contribution in [0.4, 0.5) is 4.79 Å². The van der Waals surface area contributed by atoms with E-state index in [9.17, 15) is 9.59 Å². The highest BCUT2D eigenvalue weighted by Crippen LogP contribution is 2.06. The third kappa shape index (κ3) is 4.16. The van der Waals surface area contributed by atoms with Crippen molar-refractivity contribution >= 4 is 11.9 Å². The van der Waals surface area contributed by atoms with E-state index in [0.29, 0.717) is 0 Å². The molecule has 16 heavy (non-hydrogen) atoms. The van der Waals surface area contributed by atoms with Crippen LogP contribution < -0.4 is 16.1 Å². The molecular weight excluding hydrogens is 208 g/mol. The van der Waals surface area contributed by atoms with Crippen molar-refractivity contribution < 1.29 is 9.59 Å². The number of nitrogens with one attached hydrogen (secondary N) is 3. The van der Waals surface area contributed by atoms with Crippen LogP contribution in [0.5, 0.6) is 0 Å². The SMILES string of the molecule is CNC(=O)NC(=O)C(C)NN1CCCCC1. The second kappa shape index (κ2) is 6.44. The van der Waals surface area contributed by atoms with Crippen LogP contribution in [0.25, 0.3) is 0 Å². The summed E-state index contributed by atoms with van der Waals surface area (Å²) in [4.78, 5) is 22.5. The average molecular weight is 228 g/mol. The fourth-order valence-corrected chi connectivity index (χ4v) is 1.64. The number of hydrazine groups is 1. The van der Waals surface area contributed by atoms with Crippen LogP contribution in [0.3, 0.4) is 0 Å². The summed E-state index contributed by atoms with van der Waals surface area (Å²) in [6.45, 7) is 3.65. The summed E-state index contributed by atoms with van der Waals surface area (Å²) in [5.41, 5.74) is 3.09. The molecule has 1 saturated heterocycles. The minimum atomic E-state index is -0.475. The van der Waals surface area contributed by atoms with Gasteiger partial charge in [0.05, 0.1) is 6.04 Å². The van der Waals surface area contributed by atoms with Crippen LogP contribution in [0, 0.1) is 0 Å². The number of imide groups is 1. The summed E-state index contributed by atoms with van der Waals surface area (Å²) in [6.07, 6.45) is 3.55. The number of carbonyl (C=O) groups excluding carboxylic acids is 2. The van der Waals surface area contributed by atoms with Gasteiger partial charge in [-0.25, -0.2) is 15.2 Å². The zero-order valence-corrected chi connectivity index (χ0v) is 9.88. The van der Waals surface area contributed by atoms with Gasteiger partial charge in [0.25, 0.3) is 0 Å². The second-order valence-corrected chi connectivity index (χ2v) is 3.97. The summed E-state index contributed by atoms with van der Waals surface area (Å²) < 4.78 is 0. The first-order valence-corrected chi connectivity index (χ1v) is 5.67. The molecule has 1 rings (SSSR count). The van der Waals surface area contributed by atoms with Crippen LogP contribution in [0.2, 0.25) is 0 Å². The van der Waals surface area contributed by atoms with Gasteiger partial charge in [0.1, 0.15) is 0 Å². The minimum absolute atomic E-state index is 0.315. The van der Waals surface area contributed by atoms with E-state index >= 15 is 0 Å². The molecule has 0 aromatic heterocycles. The molecule has 0 bridgehead atoms. The van der Waals surface area contributed by atoms with Crippen molar-refractivity contribution in [3.8, 4) is 0 Å². The maximum atomic E-state index is 11.5. The van der Waals surface area contributed by atoms with E-state index in [4.69, 9.17) is 0 Å². The molecule has 1 atom stereocenters. The number of hydrogen-bond donors (Lipinski definition) is 3. The highest BCUT2D eigenvalue weighted by atomic mass is 16.2. The van der Waals surface area contributed by atoms with Crippen LogP contribution in [-0.4, -0.2) is 43.1 Å². The maximum absolute atomic E-state index is 11.5. The first kappa shape index (κ1) is 12.9. The van der Waals surface area contributed by atoms with E-state index in [1.807, 2.05) is 5.01 Å². The zero-order valence-electron chi connectivity index (χ0n) is 9.88. The largest absolute Gasteiger partial charge is 0.341 e. The van der Waals surface area contributed by atoms with E-state index in [-0.39, 0.29) is 5.91 Å². The third-order valence-corrected chi connectivity index (χ3v) is 2.59. The Kier molecular flexibility index (Phi) is 5.21. The van der Waals surface area contributed by atoms with Crippen LogP contribution in [0.1, 0.15) is 26.2 Å². The van der Waals surface area contributed by atoms with Gasteiger partial charge < -0.3 is 5.32 Å². The standard InChI is InChI=1S/C10H20N4O2/c1-8(9(15)12-10(16)11-2)13-14-6-4-3-5-7-14/h8,13H,3-7H2,1-2H3,(H2,11,12,15,16). The molecule has 0 spiro atoms. The molecule has 6 heteroatoms. The predicted molar refractivity (Wildman–Crippen MR) is 60.6 cm³/mol. The molecule has 0 radical (unpaired) electrons. The molecule has 1 heterocycles. The van der Waals surface area contributed by atoms with E-state index in [0.717, 1.165) is 25.9 Å². The number of piperidine rings is 1. The Bertz CT molecular complexity index is 251. The average Bonchev–Trinajstić information content (AvgIpc) is 2.30. The van der Waals surface area contributed by atoms with E-state index < -0.39 is 12.1 Å². The summed E-state index contributed by atoms with van der Waals surface area (Å²) in [5.74, 6) is -0.315. The monoisotopic (exact) mass is 228 g/mol. The van der Waals surface area contributed by atoms with E-state index in [1.165, 1.54) is 13.5 Å². The Morgan fingerprint density at radius 3 is 2.38 bits per heavy atom. The number of urea groups is 1. The normalized spacial score (nSPS) is 18.9. The fourth-order valence-electron chi connectivity index (χ4n) is 1.64. The van der Waals surface area contributed by atoms with Crippen LogP contribution in [-0.2, 0) is 4.79 Å². The third-order valence-electron chi connectivity index (χ3n) is 2.59. The Balaban J connectivity index is 2.29. The van der Waals surface area contributed by atoms with Crippen molar-refractivity contribution in [2.24, 2.45) is 0 Å². The Morgan fingerprint density at radius 2 is 1.81 bits per heavy atom. The van der Waals surface area contributed by atoms with Gasteiger partial charge >= 0.3 is 6.03 Å². The van der Waals surface area contributed by atoms with Gasteiger partial charge in [-0.2, -0.15) is 0 Å². The number of hydrogen-bond acceptors (Lipinski definition) is 4. The van der Waals surface area contributed by atoms with E-state index in [1.54, 1.807) is 6.92 Å². The Hall–Kier alpha value is -1.14. The minimum Gasteiger partial charge on any atom is -0.341 e. The molecule has 0 aliphatic carbocycles. The second-order valence-electron chi connectivity index (χ2n) is 3.97. The van der Waals surface area contributed by atoms with Crippen LogP contribution >= 0.6 is 0 Å². The topological polar surface area (TPSA) is 73.5 Å². The predicted octanol–water partition coefficient (Wildman–Crippen LogP) is -0.179. The smallest absolute Gasteiger partial charge is 0.321 e. The number of amides is 3. The summed E-state index contributed by atoms with van der Waals surface area (Å²) >= 11 is 0. The molecule has 1 fully saturated rings. The lowest BCUT2D eigenvalue weighted by molar-refractivity contribution is -0.123. The molecule has 0 aromatic carbocycles. The summed E-state index contributed by atoms with van der Waals surface area (Å²) in [6, 6.07) is -0.868. The zero-order chi connectivity index (χ0) is 12.0. The lowest BCUT2D eigenvalue weighted by atomic mass is 10.2. The van der Waals surface area contributed by atoms with E-state index in [2.05, 4.69) is 16.1 Å². The molecule has 3 N–H and O–H groups in total. The lowest BCUT2D eigenvalue weighted by Crippen LogP contribution is -2.53. The molecule has 6 nitrogen and oxygen atoms in total. The Labute approximate surface area is 95.7 Å². The molecule has 3 amide bonds. The van der Waals surface area contributed by atoms with Crippen molar-refractivity contribution in [3.63, 3.8) is 0 Å². The van der Waals surface area contributed by atoms with Gasteiger partial charge in [-0.1, -0.05) is 6.42 Å². The van der Waals surface area contributed by atoms with Gasteiger partial charge in [0.2, 0.25) is 5.91 Å². The van der Waals surface area contributed by atoms with Crippen molar-refractivity contribution in [2.75, 3.05) is 20.1 Å². The fraction of sp³-hybridized carbons (Fsp3) is 0.800. The molecule has 92 valence electrons. The molecular formula is C10H20N4O2. The molecule has 1 unspecified atom stereocenters. The first-order valence-electron chi connectivity index (χ1n) is 5.67. The number of nitrogens with zero attached hydrogens (tertiary/aromatic N) is 1. The maximum Gasteiger partial charge on any atom is 0.321 e. The lowest BCUT2D eigenvalue weighted by Gasteiger charge is -2.29. The highest BCUT2D eigenvalue weighted by Gasteiger charge is 2.18. The van der Waals surface area contributed by atoms with Gasteiger partial charge in [0.15, 0.2) is 0 Å². The van der Waals surface area contributed by atoms with Gasteiger partial charge in [0, 0.05) is 20.1 Å².